The van der Waals surface area contributed by atoms with E-state index in [0.29, 0.717) is 25.2 Å². The second-order valence-electron chi connectivity index (χ2n) is 6.03. The highest BCUT2D eigenvalue weighted by Crippen LogP contribution is 2.41. The molecule has 0 aliphatic heterocycles. The normalized spacial score (nSPS) is 35.9. The van der Waals surface area contributed by atoms with Crippen LogP contribution in [0.5, 0.6) is 0 Å². The highest BCUT2D eigenvalue weighted by molar-refractivity contribution is 5.82. The van der Waals surface area contributed by atoms with Gasteiger partial charge in [-0.25, -0.2) is 0 Å². The van der Waals surface area contributed by atoms with E-state index in [1.54, 1.807) is 0 Å². The first-order chi connectivity index (χ1) is 9.00. The Labute approximate surface area is 114 Å². The van der Waals surface area contributed by atoms with Crippen LogP contribution >= 0.6 is 0 Å². The zero-order valence-corrected chi connectivity index (χ0v) is 11.7. The van der Waals surface area contributed by atoms with Crippen LogP contribution in [0.2, 0.25) is 0 Å². The van der Waals surface area contributed by atoms with Gasteiger partial charge in [-0.15, -0.1) is 0 Å². The highest BCUT2D eigenvalue weighted by Gasteiger charge is 2.34. The van der Waals surface area contributed by atoms with Gasteiger partial charge in [0, 0.05) is 5.92 Å². The second-order valence-corrected chi connectivity index (χ2v) is 6.03. The molecule has 4 N–H and O–H groups in total. The molecule has 2 aliphatic carbocycles. The maximum Gasteiger partial charge on any atom is 0.224 e. The number of allylic oxidation sites excluding steroid dienone is 1. The quantitative estimate of drug-likeness (QED) is 0.746. The van der Waals surface area contributed by atoms with Gasteiger partial charge in [-0.1, -0.05) is 24.5 Å². The predicted molar refractivity (Wildman–Crippen MR) is 73.9 cm³/mol. The minimum atomic E-state index is -0.247. The molecule has 0 saturated heterocycles. The van der Waals surface area contributed by atoms with E-state index in [4.69, 9.17) is 11.5 Å². The Morgan fingerprint density at radius 2 is 1.74 bits per heavy atom. The number of primary amides is 2. The topological polar surface area (TPSA) is 86.2 Å². The van der Waals surface area contributed by atoms with Gasteiger partial charge >= 0.3 is 0 Å². The predicted octanol–water partition coefficient (Wildman–Crippen LogP) is 1.88. The van der Waals surface area contributed by atoms with Gasteiger partial charge in [0.2, 0.25) is 11.8 Å². The van der Waals surface area contributed by atoms with Crippen molar-refractivity contribution >= 4 is 11.8 Å². The molecule has 3 atom stereocenters. The van der Waals surface area contributed by atoms with E-state index in [0.717, 1.165) is 12.0 Å². The average Bonchev–Trinajstić information content (AvgIpc) is 2.38. The third kappa shape index (κ3) is 2.99. The average molecular weight is 264 g/mol. The van der Waals surface area contributed by atoms with Gasteiger partial charge in [0.1, 0.15) is 0 Å². The molecule has 0 aromatic rings. The lowest BCUT2D eigenvalue weighted by atomic mass is 9.71. The molecule has 0 heterocycles. The van der Waals surface area contributed by atoms with Gasteiger partial charge in [-0.2, -0.15) is 0 Å². The fraction of sp³-hybridized carbons (Fsp3) is 0.733. The van der Waals surface area contributed by atoms with Crippen LogP contribution in [0.15, 0.2) is 11.1 Å². The Bertz CT molecular complexity index is 414. The van der Waals surface area contributed by atoms with E-state index >= 15 is 0 Å². The molecule has 3 unspecified atom stereocenters. The van der Waals surface area contributed by atoms with Crippen LogP contribution < -0.4 is 11.5 Å². The van der Waals surface area contributed by atoms with Gasteiger partial charge in [0.25, 0.3) is 0 Å². The van der Waals surface area contributed by atoms with E-state index in [1.807, 2.05) is 0 Å². The zero-order valence-electron chi connectivity index (χ0n) is 11.7. The molecule has 0 aromatic carbocycles. The molecule has 2 aliphatic rings. The van der Waals surface area contributed by atoms with Crippen molar-refractivity contribution in [2.24, 2.45) is 29.2 Å². The Morgan fingerprint density at radius 1 is 1.00 bits per heavy atom. The van der Waals surface area contributed by atoms with Crippen molar-refractivity contribution in [2.75, 3.05) is 0 Å². The first-order valence-corrected chi connectivity index (χ1v) is 7.31. The maximum absolute atomic E-state index is 11.7. The zero-order chi connectivity index (χ0) is 14.0. The molecular weight excluding hydrogens is 240 g/mol. The van der Waals surface area contributed by atoms with Crippen molar-refractivity contribution in [3.63, 3.8) is 0 Å². The molecule has 19 heavy (non-hydrogen) atoms. The Balaban J connectivity index is 2.31. The largest absolute Gasteiger partial charge is 0.369 e. The van der Waals surface area contributed by atoms with Crippen LogP contribution in [-0.4, -0.2) is 11.8 Å². The van der Waals surface area contributed by atoms with Crippen LogP contribution in [0.25, 0.3) is 0 Å². The number of rotatable bonds is 2. The van der Waals surface area contributed by atoms with Crippen LogP contribution in [0, 0.1) is 17.8 Å². The number of hydrogen-bond acceptors (Lipinski definition) is 2. The van der Waals surface area contributed by atoms with Crippen molar-refractivity contribution in [2.45, 2.75) is 51.9 Å². The molecule has 0 aromatic heterocycles. The third-order valence-electron chi connectivity index (χ3n) is 4.78. The molecule has 2 amide bonds. The first kappa shape index (κ1) is 14.1. The van der Waals surface area contributed by atoms with Gasteiger partial charge in [-0.05, 0) is 44.4 Å². The van der Waals surface area contributed by atoms with E-state index in [1.165, 1.54) is 24.8 Å². The fourth-order valence-electron chi connectivity index (χ4n) is 3.63. The van der Waals surface area contributed by atoms with Crippen molar-refractivity contribution in [3.8, 4) is 0 Å². The standard InChI is InChI=1S/C15H24N2O2/c1-9-4-2-3-5-11(9)13-8-10(14(16)18)6-7-12(13)15(17)19/h9-10,12H,2-8H2,1H3,(H2,16,18)(H2,17,19). The summed E-state index contributed by atoms with van der Waals surface area (Å²) in [5, 5.41) is 0. The molecule has 2 fully saturated rings. The summed E-state index contributed by atoms with van der Waals surface area (Å²) in [5.41, 5.74) is 13.5. The number of carbonyl (C=O) groups excluding carboxylic acids is 2. The van der Waals surface area contributed by atoms with E-state index < -0.39 is 0 Å². The summed E-state index contributed by atoms with van der Waals surface area (Å²) in [6.45, 7) is 2.22. The Morgan fingerprint density at radius 3 is 2.32 bits per heavy atom. The summed E-state index contributed by atoms with van der Waals surface area (Å²) in [6, 6.07) is 0. The van der Waals surface area contributed by atoms with Gasteiger partial charge < -0.3 is 11.5 Å². The van der Waals surface area contributed by atoms with E-state index in [-0.39, 0.29) is 23.7 Å². The number of amides is 2. The smallest absolute Gasteiger partial charge is 0.224 e. The van der Waals surface area contributed by atoms with Gasteiger partial charge in [0.15, 0.2) is 0 Å². The van der Waals surface area contributed by atoms with Crippen LogP contribution in [0.1, 0.15) is 51.9 Å². The van der Waals surface area contributed by atoms with E-state index in [2.05, 4.69) is 6.92 Å². The summed E-state index contributed by atoms with van der Waals surface area (Å²) in [7, 11) is 0. The lowest BCUT2D eigenvalue weighted by Crippen LogP contribution is -2.35. The molecule has 0 spiro atoms. The SMILES string of the molecule is CC1CCCCC1=C1CC(C(N)=O)CCC1C(N)=O. The molecule has 0 bridgehead atoms. The molecule has 2 saturated carbocycles. The molecule has 4 nitrogen and oxygen atoms in total. The minimum absolute atomic E-state index is 0.118. The molecule has 2 rings (SSSR count). The molecular formula is C15H24N2O2. The Kier molecular flexibility index (Phi) is 4.27. The molecule has 0 radical (unpaired) electrons. The lowest BCUT2D eigenvalue weighted by Gasteiger charge is -2.34. The minimum Gasteiger partial charge on any atom is -0.369 e. The lowest BCUT2D eigenvalue weighted by molar-refractivity contribution is -0.125. The van der Waals surface area contributed by atoms with Crippen molar-refractivity contribution < 1.29 is 9.59 Å². The van der Waals surface area contributed by atoms with Crippen LogP contribution in [-0.2, 0) is 9.59 Å². The maximum atomic E-state index is 11.7. The van der Waals surface area contributed by atoms with Crippen molar-refractivity contribution in [1.82, 2.24) is 0 Å². The summed E-state index contributed by atoms with van der Waals surface area (Å²) in [5.74, 6) is -0.275. The van der Waals surface area contributed by atoms with Crippen molar-refractivity contribution in [1.29, 1.82) is 0 Å². The summed E-state index contributed by atoms with van der Waals surface area (Å²) >= 11 is 0. The number of nitrogens with two attached hydrogens (primary N) is 2. The summed E-state index contributed by atoms with van der Waals surface area (Å²) in [6.07, 6.45) is 6.65. The summed E-state index contributed by atoms with van der Waals surface area (Å²) in [4.78, 5) is 23.1. The Hall–Kier alpha value is -1.32. The van der Waals surface area contributed by atoms with Crippen LogP contribution in [0.4, 0.5) is 0 Å². The fourth-order valence-corrected chi connectivity index (χ4v) is 3.63. The van der Waals surface area contributed by atoms with Gasteiger partial charge in [-0.3, -0.25) is 9.59 Å². The van der Waals surface area contributed by atoms with Gasteiger partial charge in [0.05, 0.1) is 5.92 Å². The molecule has 4 heteroatoms. The van der Waals surface area contributed by atoms with Crippen LogP contribution in [0.3, 0.4) is 0 Å². The number of carbonyl (C=O) groups is 2. The first-order valence-electron chi connectivity index (χ1n) is 7.31. The third-order valence-corrected chi connectivity index (χ3v) is 4.78. The summed E-state index contributed by atoms with van der Waals surface area (Å²) < 4.78 is 0. The highest BCUT2D eigenvalue weighted by atomic mass is 16.1. The second kappa shape index (κ2) is 5.76. The van der Waals surface area contributed by atoms with E-state index in [9.17, 15) is 9.59 Å². The number of hydrogen-bond donors (Lipinski definition) is 2. The van der Waals surface area contributed by atoms with Crippen molar-refractivity contribution in [3.05, 3.63) is 11.1 Å². The monoisotopic (exact) mass is 264 g/mol. The molecule has 106 valence electrons.